The molecule has 0 spiro atoms. The molecule has 0 atom stereocenters. The topological polar surface area (TPSA) is 17.1 Å². The van der Waals surface area contributed by atoms with E-state index < -0.39 is 0 Å². The Morgan fingerprint density at radius 3 is 2.87 bits per heavy atom. The third-order valence-electron chi connectivity index (χ3n) is 2.08. The van der Waals surface area contributed by atoms with Crippen LogP contribution in [0.25, 0.3) is 0 Å². The van der Waals surface area contributed by atoms with Crippen molar-refractivity contribution in [1.29, 1.82) is 0 Å². The molecule has 0 heterocycles. The highest BCUT2D eigenvalue weighted by Gasteiger charge is 2.09. The monoisotopic (exact) mass is 226 g/mol. The lowest BCUT2D eigenvalue weighted by molar-refractivity contribution is 0.102. The molecule has 0 aliphatic rings. The van der Waals surface area contributed by atoms with Gasteiger partial charge in [0.1, 0.15) is 5.82 Å². The highest BCUT2D eigenvalue weighted by Crippen LogP contribution is 2.14. The number of benzene rings is 1. The van der Waals surface area contributed by atoms with Crippen molar-refractivity contribution in [3.63, 3.8) is 0 Å². The van der Waals surface area contributed by atoms with Crippen LogP contribution in [-0.2, 0) is 0 Å². The lowest BCUT2D eigenvalue weighted by atomic mass is 10.1. The minimum absolute atomic E-state index is 0.0189. The van der Waals surface area contributed by atoms with Crippen molar-refractivity contribution >= 4 is 17.5 Å². The third kappa shape index (κ3) is 3.67. The highest BCUT2D eigenvalue weighted by molar-refractivity contribution is 7.99. The summed E-state index contributed by atoms with van der Waals surface area (Å²) in [4.78, 5) is 11.7. The number of carbonyl (C=O) groups is 1. The van der Waals surface area contributed by atoms with E-state index in [-0.39, 0.29) is 11.6 Å². The maximum absolute atomic E-state index is 12.9. The van der Waals surface area contributed by atoms with Crippen LogP contribution in [-0.4, -0.2) is 17.3 Å². The number of halogens is 1. The Labute approximate surface area is 94.1 Å². The largest absolute Gasteiger partial charge is 0.293 e. The second kappa shape index (κ2) is 5.91. The van der Waals surface area contributed by atoms with E-state index in [9.17, 15) is 9.18 Å². The lowest BCUT2D eigenvalue weighted by Crippen LogP contribution is -2.05. The maximum atomic E-state index is 12.9. The first-order valence-electron chi connectivity index (χ1n) is 5.02. The van der Waals surface area contributed by atoms with E-state index in [1.165, 1.54) is 12.1 Å². The molecule has 15 heavy (non-hydrogen) atoms. The summed E-state index contributed by atoms with van der Waals surface area (Å²) in [5, 5.41) is 0. The molecule has 82 valence electrons. The SMILES string of the molecule is CCCSCC(=O)c1cc(F)ccc1C. The summed E-state index contributed by atoms with van der Waals surface area (Å²) in [5.41, 5.74) is 1.36. The molecule has 1 aromatic carbocycles. The van der Waals surface area contributed by atoms with Gasteiger partial charge in [-0.1, -0.05) is 13.0 Å². The van der Waals surface area contributed by atoms with E-state index in [0.717, 1.165) is 17.7 Å². The predicted molar refractivity (Wildman–Crippen MR) is 63.1 cm³/mol. The summed E-state index contributed by atoms with van der Waals surface area (Å²) in [7, 11) is 0. The first-order valence-corrected chi connectivity index (χ1v) is 6.17. The van der Waals surface area contributed by atoms with E-state index in [0.29, 0.717) is 11.3 Å². The Morgan fingerprint density at radius 2 is 2.20 bits per heavy atom. The number of aryl methyl sites for hydroxylation is 1. The fourth-order valence-electron chi connectivity index (χ4n) is 1.28. The van der Waals surface area contributed by atoms with Gasteiger partial charge in [0.25, 0.3) is 0 Å². The average molecular weight is 226 g/mol. The zero-order chi connectivity index (χ0) is 11.3. The summed E-state index contributed by atoms with van der Waals surface area (Å²) in [6.45, 7) is 3.90. The van der Waals surface area contributed by atoms with Gasteiger partial charge in [0.05, 0.1) is 5.75 Å². The number of thioether (sulfide) groups is 1. The summed E-state index contributed by atoms with van der Waals surface area (Å²) in [5.74, 6) is 1.09. The van der Waals surface area contributed by atoms with Crippen molar-refractivity contribution in [1.82, 2.24) is 0 Å². The Balaban J connectivity index is 2.68. The van der Waals surface area contributed by atoms with Crippen LogP contribution in [0.15, 0.2) is 18.2 Å². The number of carbonyl (C=O) groups excluding carboxylic acids is 1. The zero-order valence-electron chi connectivity index (χ0n) is 9.05. The first-order chi connectivity index (χ1) is 7.15. The Kier molecular flexibility index (Phi) is 4.82. The number of ketones is 1. The molecule has 0 saturated heterocycles. The van der Waals surface area contributed by atoms with Gasteiger partial charge in [0.15, 0.2) is 5.78 Å². The average Bonchev–Trinajstić information content (AvgIpc) is 2.22. The van der Waals surface area contributed by atoms with E-state index in [1.54, 1.807) is 17.8 Å². The molecule has 0 aliphatic carbocycles. The van der Waals surface area contributed by atoms with Crippen LogP contribution in [0.2, 0.25) is 0 Å². The van der Waals surface area contributed by atoms with Gasteiger partial charge in [-0.2, -0.15) is 11.8 Å². The van der Waals surface area contributed by atoms with Crippen LogP contribution in [0.1, 0.15) is 29.3 Å². The molecule has 0 saturated carbocycles. The molecule has 0 amide bonds. The molecule has 3 heteroatoms. The van der Waals surface area contributed by atoms with Crippen molar-refractivity contribution in [2.75, 3.05) is 11.5 Å². The molecular weight excluding hydrogens is 211 g/mol. The van der Waals surface area contributed by atoms with Crippen molar-refractivity contribution in [2.45, 2.75) is 20.3 Å². The van der Waals surface area contributed by atoms with Gasteiger partial charge in [0, 0.05) is 5.56 Å². The Morgan fingerprint density at radius 1 is 1.47 bits per heavy atom. The van der Waals surface area contributed by atoms with Crippen molar-refractivity contribution in [3.05, 3.63) is 35.1 Å². The quantitative estimate of drug-likeness (QED) is 0.565. The fourth-order valence-corrected chi connectivity index (χ4v) is 2.06. The summed E-state index contributed by atoms with van der Waals surface area (Å²) < 4.78 is 12.9. The molecule has 0 radical (unpaired) electrons. The lowest BCUT2D eigenvalue weighted by Gasteiger charge is -2.04. The van der Waals surface area contributed by atoms with Crippen molar-refractivity contribution in [3.8, 4) is 0 Å². The molecule has 0 aromatic heterocycles. The zero-order valence-corrected chi connectivity index (χ0v) is 9.86. The van der Waals surface area contributed by atoms with Gasteiger partial charge in [-0.25, -0.2) is 4.39 Å². The van der Waals surface area contributed by atoms with Gasteiger partial charge in [0.2, 0.25) is 0 Å². The van der Waals surface area contributed by atoms with Gasteiger partial charge in [-0.15, -0.1) is 0 Å². The van der Waals surface area contributed by atoms with Gasteiger partial charge < -0.3 is 0 Å². The van der Waals surface area contributed by atoms with Crippen LogP contribution < -0.4 is 0 Å². The first kappa shape index (κ1) is 12.2. The van der Waals surface area contributed by atoms with E-state index in [4.69, 9.17) is 0 Å². The van der Waals surface area contributed by atoms with Crippen LogP contribution in [0.3, 0.4) is 0 Å². The molecule has 1 rings (SSSR count). The normalized spacial score (nSPS) is 10.3. The third-order valence-corrected chi connectivity index (χ3v) is 3.24. The second-order valence-corrected chi connectivity index (χ2v) is 4.54. The number of Topliss-reactive ketones (excluding diaryl/α,β-unsaturated/α-hetero) is 1. The van der Waals surface area contributed by atoms with Crippen molar-refractivity contribution < 1.29 is 9.18 Å². The van der Waals surface area contributed by atoms with Crippen LogP contribution >= 0.6 is 11.8 Å². The number of rotatable bonds is 5. The van der Waals surface area contributed by atoms with Gasteiger partial charge in [-0.3, -0.25) is 4.79 Å². The molecule has 1 aromatic rings. The van der Waals surface area contributed by atoms with E-state index in [1.807, 2.05) is 6.92 Å². The smallest absolute Gasteiger partial charge is 0.173 e. The molecule has 0 bridgehead atoms. The molecule has 1 nitrogen and oxygen atoms in total. The Hall–Kier alpha value is -0.830. The van der Waals surface area contributed by atoms with Crippen LogP contribution in [0, 0.1) is 12.7 Å². The molecule has 0 fully saturated rings. The summed E-state index contributed by atoms with van der Waals surface area (Å²) >= 11 is 1.60. The minimum Gasteiger partial charge on any atom is -0.293 e. The van der Waals surface area contributed by atoms with Crippen LogP contribution in [0.4, 0.5) is 4.39 Å². The Bertz CT molecular complexity index is 349. The molecule has 0 N–H and O–H groups in total. The maximum Gasteiger partial charge on any atom is 0.173 e. The second-order valence-electron chi connectivity index (χ2n) is 3.44. The summed E-state index contributed by atoms with van der Waals surface area (Å²) in [6.07, 6.45) is 1.06. The highest BCUT2D eigenvalue weighted by atomic mass is 32.2. The summed E-state index contributed by atoms with van der Waals surface area (Å²) in [6, 6.07) is 4.35. The molecule has 0 aliphatic heterocycles. The van der Waals surface area contributed by atoms with E-state index >= 15 is 0 Å². The van der Waals surface area contributed by atoms with E-state index in [2.05, 4.69) is 6.92 Å². The standard InChI is InChI=1S/C12H15FOS/c1-3-6-15-8-12(14)11-7-10(13)5-4-9(11)2/h4-5,7H,3,6,8H2,1-2H3. The molecule has 0 unspecified atom stereocenters. The predicted octanol–water partition coefficient (Wildman–Crippen LogP) is 3.46. The van der Waals surface area contributed by atoms with Gasteiger partial charge >= 0.3 is 0 Å². The number of hydrogen-bond donors (Lipinski definition) is 0. The minimum atomic E-state index is -0.343. The van der Waals surface area contributed by atoms with Crippen LogP contribution in [0.5, 0.6) is 0 Å². The van der Waals surface area contributed by atoms with Gasteiger partial charge in [-0.05, 0) is 36.8 Å². The molecular formula is C12H15FOS. The fraction of sp³-hybridized carbons (Fsp3) is 0.417. The number of hydrogen-bond acceptors (Lipinski definition) is 2. The van der Waals surface area contributed by atoms with Crippen molar-refractivity contribution in [2.24, 2.45) is 0 Å².